The predicted octanol–water partition coefficient (Wildman–Crippen LogP) is 2.94. The van der Waals surface area contributed by atoms with Crippen LogP contribution in [0.5, 0.6) is 0 Å². The molecular formula is C12H12F3N3O2S. The highest BCUT2D eigenvalue weighted by molar-refractivity contribution is 7.92. The molecule has 0 aliphatic rings. The lowest BCUT2D eigenvalue weighted by molar-refractivity contribution is -0.0435. The maximum absolute atomic E-state index is 12.7. The van der Waals surface area contributed by atoms with Crippen LogP contribution in [-0.4, -0.2) is 23.7 Å². The molecule has 1 N–H and O–H groups in total. The van der Waals surface area contributed by atoms with Crippen LogP contribution in [0.1, 0.15) is 6.92 Å². The standard InChI is InChI=1S/C12H12F3N3O2S/c1-2-18-8-9(7-16-18)17-10-5-3-4-6-11(10)21(19,20)12(13,14)15/h3-8,17H,2H2,1H3. The molecule has 0 aliphatic heterocycles. The van der Waals surface area contributed by atoms with Crippen molar-refractivity contribution < 1.29 is 21.6 Å². The summed E-state index contributed by atoms with van der Waals surface area (Å²) in [5, 5.41) is 6.60. The Morgan fingerprint density at radius 1 is 1.29 bits per heavy atom. The lowest BCUT2D eigenvalue weighted by Gasteiger charge is -2.13. The molecule has 0 bridgehead atoms. The van der Waals surface area contributed by atoms with Gasteiger partial charge in [0.05, 0.1) is 22.5 Å². The number of halogens is 3. The summed E-state index contributed by atoms with van der Waals surface area (Å²) in [5.74, 6) is 0. The van der Waals surface area contributed by atoms with Crippen molar-refractivity contribution in [2.24, 2.45) is 0 Å². The number of alkyl halides is 3. The average molecular weight is 319 g/mol. The molecule has 2 aromatic rings. The Bertz CT molecular complexity index is 738. The maximum atomic E-state index is 12.7. The third-order valence-electron chi connectivity index (χ3n) is 2.72. The molecule has 114 valence electrons. The van der Waals surface area contributed by atoms with Gasteiger partial charge >= 0.3 is 5.51 Å². The first-order chi connectivity index (χ1) is 9.75. The highest BCUT2D eigenvalue weighted by atomic mass is 32.2. The van der Waals surface area contributed by atoms with Crippen molar-refractivity contribution in [3.05, 3.63) is 36.7 Å². The fourth-order valence-electron chi connectivity index (χ4n) is 1.69. The molecule has 0 unspecified atom stereocenters. The van der Waals surface area contributed by atoms with Gasteiger partial charge in [-0.05, 0) is 19.1 Å². The first-order valence-electron chi connectivity index (χ1n) is 5.95. The molecule has 0 radical (unpaired) electrons. The Balaban J connectivity index is 2.42. The van der Waals surface area contributed by atoms with Crippen LogP contribution < -0.4 is 5.32 Å². The first-order valence-corrected chi connectivity index (χ1v) is 7.44. The van der Waals surface area contributed by atoms with Crippen molar-refractivity contribution in [2.75, 3.05) is 5.32 Å². The van der Waals surface area contributed by atoms with Gasteiger partial charge in [-0.2, -0.15) is 18.3 Å². The van der Waals surface area contributed by atoms with Crippen LogP contribution in [0.3, 0.4) is 0 Å². The largest absolute Gasteiger partial charge is 0.501 e. The second kappa shape index (κ2) is 5.40. The Kier molecular flexibility index (Phi) is 3.95. The van der Waals surface area contributed by atoms with Gasteiger partial charge in [0.1, 0.15) is 0 Å². The Morgan fingerprint density at radius 2 is 1.95 bits per heavy atom. The Morgan fingerprint density at radius 3 is 2.52 bits per heavy atom. The van der Waals surface area contributed by atoms with Crippen molar-refractivity contribution >= 4 is 21.2 Å². The lowest BCUT2D eigenvalue weighted by atomic mass is 10.3. The van der Waals surface area contributed by atoms with Crippen LogP contribution in [0.2, 0.25) is 0 Å². The minimum atomic E-state index is -5.42. The van der Waals surface area contributed by atoms with E-state index in [9.17, 15) is 21.6 Å². The summed E-state index contributed by atoms with van der Waals surface area (Å²) >= 11 is 0. The summed E-state index contributed by atoms with van der Waals surface area (Å²) in [6.07, 6.45) is 2.97. The van der Waals surface area contributed by atoms with E-state index in [-0.39, 0.29) is 5.69 Å². The molecule has 0 saturated carbocycles. The molecule has 1 aromatic heterocycles. The van der Waals surface area contributed by atoms with Crippen LogP contribution in [0, 0.1) is 0 Å². The van der Waals surface area contributed by atoms with E-state index in [0.29, 0.717) is 12.2 Å². The van der Waals surface area contributed by atoms with Gasteiger partial charge < -0.3 is 5.32 Å². The summed E-state index contributed by atoms with van der Waals surface area (Å²) < 4.78 is 62.6. The zero-order valence-electron chi connectivity index (χ0n) is 10.9. The van der Waals surface area contributed by atoms with Gasteiger partial charge in [0.2, 0.25) is 0 Å². The van der Waals surface area contributed by atoms with E-state index < -0.39 is 20.2 Å². The van der Waals surface area contributed by atoms with Crippen molar-refractivity contribution in [3.63, 3.8) is 0 Å². The van der Waals surface area contributed by atoms with Crippen LogP contribution in [0.4, 0.5) is 24.5 Å². The first kappa shape index (κ1) is 15.4. The number of aromatic nitrogens is 2. The van der Waals surface area contributed by atoms with E-state index in [4.69, 9.17) is 0 Å². The molecule has 1 heterocycles. The average Bonchev–Trinajstić information content (AvgIpc) is 2.85. The second-order valence-electron chi connectivity index (χ2n) is 4.16. The number of benzene rings is 1. The lowest BCUT2D eigenvalue weighted by Crippen LogP contribution is -2.24. The zero-order chi connectivity index (χ0) is 15.7. The molecular weight excluding hydrogens is 307 g/mol. The molecule has 9 heteroatoms. The van der Waals surface area contributed by atoms with Crippen LogP contribution >= 0.6 is 0 Å². The third-order valence-corrected chi connectivity index (χ3v) is 4.26. The third kappa shape index (κ3) is 3.02. The number of nitrogens with one attached hydrogen (secondary N) is 1. The normalized spacial score (nSPS) is 12.4. The topological polar surface area (TPSA) is 64.0 Å². The molecule has 0 spiro atoms. The molecule has 0 saturated heterocycles. The fraction of sp³-hybridized carbons (Fsp3) is 0.250. The van der Waals surface area contributed by atoms with Gasteiger partial charge in [0.15, 0.2) is 0 Å². The van der Waals surface area contributed by atoms with Gasteiger partial charge in [-0.3, -0.25) is 4.68 Å². The number of nitrogens with zero attached hydrogens (tertiary/aromatic N) is 2. The zero-order valence-corrected chi connectivity index (χ0v) is 11.7. The number of hydrogen-bond donors (Lipinski definition) is 1. The van der Waals surface area contributed by atoms with E-state index >= 15 is 0 Å². The molecule has 2 rings (SSSR count). The summed E-state index contributed by atoms with van der Waals surface area (Å²) in [6.45, 7) is 2.43. The highest BCUT2D eigenvalue weighted by Gasteiger charge is 2.47. The minimum absolute atomic E-state index is 0.148. The van der Waals surface area contributed by atoms with Crippen molar-refractivity contribution in [3.8, 4) is 0 Å². The van der Waals surface area contributed by atoms with Gasteiger partial charge in [0, 0.05) is 12.7 Å². The number of aryl methyl sites for hydroxylation is 1. The Hall–Kier alpha value is -2.03. The van der Waals surface area contributed by atoms with Gasteiger partial charge in [-0.25, -0.2) is 8.42 Å². The molecule has 0 fully saturated rings. The molecule has 1 aromatic carbocycles. The summed E-state index contributed by atoms with van der Waals surface area (Å²) in [5.41, 5.74) is -5.09. The molecule has 0 aliphatic carbocycles. The van der Waals surface area contributed by atoms with Crippen LogP contribution in [0.25, 0.3) is 0 Å². The van der Waals surface area contributed by atoms with Gasteiger partial charge in [-0.15, -0.1) is 0 Å². The number of rotatable bonds is 4. The van der Waals surface area contributed by atoms with E-state index in [0.717, 1.165) is 6.07 Å². The minimum Gasteiger partial charge on any atom is -0.352 e. The quantitative estimate of drug-likeness (QED) is 0.941. The maximum Gasteiger partial charge on any atom is 0.501 e. The van der Waals surface area contributed by atoms with E-state index in [1.165, 1.54) is 24.4 Å². The van der Waals surface area contributed by atoms with Crippen LogP contribution in [0.15, 0.2) is 41.6 Å². The van der Waals surface area contributed by atoms with Gasteiger partial charge in [0.25, 0.3) is 9.84 Å². The fourth-order valence-corrected chi connectivity index (χ4v) is 2.60. The molecule has 5 nitrogen and oxygen atoms in total. The molecule has 0 amide bonds. The van der Waals surface area contributed by atoms with Crippen molar-refractivity contribution in [1.29, 1.82) is 0 Å². The predicted molar refractivity (Wildman–Crippen MR) is 70.9 cm³/mol. The highest BCUT2D eigenvalue weighted by Crippen LogP contribution is 2.35. The van der Waals surface area contributed by atoms with E-state index in [1.807, 2.05) is 6.92 Å². The summed E-state index contributed by atoms with van der Waals surface area (Å²) in [6, 6.07) is 4.86. The van der Waals surface area contributed by atoms with E-state index in [2.05, 4.69) is 10.4 Å². The van der Waals surface area contributed by atoms with Crippen LogP contribution in [-0.2, 0) is 16.4 Å². The van der Waals surface area contributed by atoms with Crippen molar-refractivity contribution in [1.82, 2.24) is 9.78 Å². The number of anilines is 2. The van der Waals surface area contributed by atoms with Crippen molar-refractivity contribution in [2.45, 2.75) is 23.9 Å². The molecule has 21 heavy (non-hydrogen) atoms. The smallest absolute Gasteiger partial charge is 0.352 e. The number of sulfone groups is 1. The second-order valence-corrected chi connectivity index (χ2v) is 6.06. The molecule has 0 atom stereocenters. The number of hydrogen-bond acceptors (Lipinski definition) is 4. The summed E-state index contributed by atoms with van der Waals surface area (Å²) in [7, 11) is -5.42. The Labute approximate surface area is 119 Å². The summed E-state index contributed by atoms with van der Waals surface area (Å²) in [4.78, 5) is -0.818. The van der Waals surface area contributed by atoms with E-state index in [1.54, 1.807) is 10.9 Å². The monoisotopic (exact) mass is 319 g/mol. The number of para-hydroxylation sites is 1. The SMILES string of the molecule is CCn1cc(Nc2ccccc2S(=O)(=O)C(F)(F)F)cn1. The van der Waals surface area contributed by atoms with Gasteiger partial charge in [-0.1, -0.05) is 12.1 Å².